The fourth-order valence-corrected chi connectivity index (χ4v) is 3.98. The number of fused-ring (bicyclic) bond motifs is 1. The normalized spacial score (nSPS) is 17.3. The first kappa shape index (κ1) is 21.2. The number of nitrogens with zero attached hydrogens (tertiary/aromatic N) is 4. The van der Waals surface area contributed by atoms with Crippen LogP contribution in [-0.2, 0) is 0 Å². The lowest BCUT2D eigenvalue weighted by molar-refractivity contribution is -0.0447. The highest BCUT2D eigenvalue weighted by Gasteiger charge is 2.36. The van der Waals surface area contributed by atoms with Crippen LogP contribution in [0, 0.1) is 19.8 Å². The summed E-state index contributed by atoms with van der Waals surface area (Å²) in [5.41, 5.74) is 3.36. The molecular weight excluding hydrogens is 405 g/mol. The molecule has 4 rings (SSSR count). The summed E-state index contributed by atoms with van der Waals surface area (Å²) < 4.78 is 42.6. The van der Waals surface area contributed by atoms with E-state index < -0.39 is 11.9 Å². The molecule has 8 heteroatoms. The molecule has 5 nitrogen and oxygen atoms in total. The van der Waals surface area contributed by atoms with Crippen LogP contribution in [0.1, 0.15) is 61.2 Å². The fraction of sp³-hybridized carbons (Fsp3) is 0.391. The number of aryl methyl sites for hydroxylation is 2. The SMILES string of the molecule is C/C(=C\c1ccnc(F)c1)c1nn(C2CCC(F)(F)CC2)c2cc(C)c(C)nc2c1=O. The molecule has 0 spiro atoms. The van der Waals surface area contributed by atoms with Crippen LogP contribution in [0.3, 0.4) is 0 Å². The first-order chi connectivity index (χ1) is 14.6. The minimum Gasteiger partial charge on any atom is -0.285 e. The molecule has 3 heterocycles. The zero-order valence-electron chi connectivity index (χ0n) is 17.6. The molecule has 3 aromatic heterocycles. The molecule has 0 N–H and O–H groups in total. The van der Waals surface area contributed by atoms with Crippen molar-refractivity contribution in [1.29, 1.82) is 0 Å². The van der Waals surface area contributed by atoms with Crippen molar-refractivity contribution < 1.29 is 13.2 Å². The molecule has 0 bridgehead atoms. The quantitative estimate of drug-likeness (QED) is 0.535. The van der Waals surface area contributed by atoms with E-state index in [1.807, 2.05) is 19.9 Å². The van der Waals surface area contributed by atoms with E-state index in [0.29, 0.717) is 16.7 Å². The number of rotatable bonds is 3. The van der Waals surface area contributed by atoms with Gasteiger partial charge in [-0.25, -0.2) is 18.7 Å². The summed E-state index contributed by atoms with van der Waals surface area (Å²) >= 11 is 0. The van der Waals surface area contributed by atoms with Crippen LogP contribution in [-0.4, -0.2) is 25.7 Å². The standard InChI is InChI=1S/C23H23F3N4O/c1-13-11-18-21(28-15(13)3)22(31)20(14(2)10-16-6-9-27-19(24)12-16)29-30(18)17-4-7-23(25,26)8-5-17/h6,9-12,17H,4-5,7-8H2,1-3H3/b14-10+. The Morgan fingerprint density at radius 2 is 1.94 bits per heavy atom. The molecule has 1 saturated carbocycles. The van der Waals surface area contributed by atoms with Crippen LogP contribution in [0.5, 0.6) is 0 Å². The van der Waals surface area contributed by atoms with Gasteiger partial charge in [0, 0.05) is 30.8 Å². The smallest absolute Gasteiger partial charge is 0.248 e. The van der Waals surface area contributed by atoms with E-state index >= 15 is 0 Å². The molecule has 0 aliphatic heterocycles. The number of pyridine rings is 2. The molecule has 0 aromatic carbocycles. The second kappa shape index (κ2) is 7.90. The van der Waals surface area contributed by atoms with Gasteiger partial charge >= 0.3 is 0 Å². The van der Waals surface area contributed by atoms with Gasteiger partial charge in [0.25, 0.3) is 0 Å². The topological polar surface area (TPSA) is 60.7 Å². The number of alkyl halides is 2. The number of halogens is 3. The first-order valence-corrected chi connectivity index (χ1v) is 10.2. The van der Waals surface area contributed by atoms with Crippen LogP contribution < -0.4 is 5.43 Å². The Kier molecular flexibility index (Phi) is 5.41. The predicted octanol–water partition coefficient (Wildman–Crippen LogP) is 5.25. The Hall–Kier alpha value is -3.03. The summed E-state index contributed by atoms with van der Waals surface area (Å²) in [5, 5.41) is 4.60. The Bertz CT molecular complexity index is 1240. The summed E-state index contributed by atoms with van der Waals surface area (Å²) in [7, 11) is 0. The third kappa shape index (κ3) is 4.24. The van der Waals surface area contributed by atoms with Gasteiger partial charge in [-0.2, -0.15) is 9.49 Å². The van der Waals surface area contributed by atoms with Gasteiger partial charge in [-0.15, -0.1) is 0 Å². The maximum atomic E-state index is 13.7. The lowest BCUT2D eigenvalue weighted by atomic mass is 9.92. The van der Waals surface area contributed by atoms with Crippen molar-refractivity contribution in [3.63, 3.8) is 0 Å². The predicted molar refractivity (Wildman–Crippen MR) is 113 cm³/mol. The largest absolute Gasteiger partial charge is 0.285 e. The van der Waals surface area contributed by atoms with E-state index in [0.717, 1.165) is 11.3 Å². The van der Waals surface area contributed by atoms with Crippen molar-refractivity contribution in [3.8, 4) is 0 Å². The van der Waals surface area contributed by atoms with E-state index in [4.69, 9.17) is 0 Å². The van der Waals surface area contributed by atoms with Crippen molar-refractivity contribution in [1.82, 2.24) is 19.7 Å². The first-order valence-electron chi connectivity index (χ1n) is 10.2. The summed E-state index contributed by atoms with van der Waals surface area (Å²) in [6.07, 6.45) is 3.10. The number of hydrogen-bond donors (Lipinski definition) is 0. The molecule has 1 fully saturated rings. The molecular formula is C23H23F3N4O. The van der Waals surface area contributed by atoms with Crippen LogP contribution in [0.2, 0.25) is 0 Å². The monoisotopic (exact) mass is 428 g/mol. The van der Waals surface area contributed by atoms with Gasteiger partial charge in [0.1, 0.15) is 11.2 Å². The number of aromatic nitrogens is 4. The van der Waals surface area contributed by atoms with Crippen molar-refractivity contribution in [3.05, 3.63) is 63.1 Å². The van der Waals surface area contributed by atoms with Gasteiger partial charge in [-0.3, -0.25) is 9.48 Å². The summed E-state index contributed by atoms with van der Waals surface area (Å²) in [6, 6.07) is 4.48. The maximum Gasteiger partial charge on any atom is 0.248 e. The van der Waals surface area contributed by atoms with Gasteiger partial charge in [0.2, 0.25) is 17.3 Å². The summed E-state index contributed by atoms with van der Waals surface area (Å²) in [6.45, 7) is 5.43. The van der Waals surface area contributed by atoms with E-state index in [1.165, 1.54) is 12.3 Å². The molecule has 0 radical (unpaired) electrons. The minimum absolute atomic E-state index is 0.179. The van der Waals surface area contributed by atoms with Crippen LogP contribution in [0.4, 0.5) is 13.2 Å². The summed E-state index contributed by atoms with van der Waals surface area (Å²) in [5.74, 6) is -3.29. The highest BCUT2D eigenvalue weighted by Crippen LogP contribution is 2.39. The lowest BCUT2D eigenvalue weighted by Gasteiger charge is -2.30. The molecule has 0 amide bonds. The average Bonchev–Trinajstić information content (AvgIpc) is 2.70. The van der Waals surface area contributed by atoms with Crippen molar-refractivity contribution in [2.75, 3.05) is 0 Å². The molecule has 3 aromatic rings. The number of hydrogen-bond acceptors (Lipinski definition) is 4. The zero-order valence-corrected chi connectivity index (χ0v) is 17.6. The average molecular weight is 428 g/mol. The Labute approximate surface area is 177 Å². The highest BCUT2D eigenvalue weighted by molar-refractivity contribution is 5.83. The van der Waals surface area contributed by atoms with E-state index in [1.54, 1.807) is 23.7 Å². The van der Waals surface area contributed by atoms with Gasteiger partial charge in [-0.05, 0) is 68.5 Å². The zero-order chi connectivity index (χ0) is 22.3. The molecule has 31 heavy (non-hydrogen) atoms. The molecule has 1 aliphatic carbocycles. The molecule has 0 unspecified atom stereocenters. The lowest BCUT2D eigenvalue weighted by Crippen LogP contribution is -2.29. The van der Waals surface area contributed by atoms with Gasteiger partial charge < -0.3 is 0 Å². The fourth-order valence-electron chi connectivity index (χ4n) is 3.98. The van der Waals surface area contributed by atoms with Crippen LogP contribution in [0.25, 0.3) is 22.7 Å². The summed E-state index contributed by atoms with van der Waals surface area (Å²) in [4.78, 5) is 21.3. The Balaban J connectivity index is 1.89. The van der Waals surface area contributed by atoms with Crippen LogP contribution >= 0.6 is 0 Å². The van der Waals surface area contributed by atoms with Crippen molar-refractivity contribution >= 4 is 22.7 Å². The Morgan fingerprint density at radius 3 is 2.61 bits per heavy atom. The maximum absolute atomic E-state index is 13.7. The number of allylic oxidation sites excluding steroid dienone is 1. The van der Waals surface area contributed by atoms with Crippen molar-refractivity contribution in [2.45, 2.75) is 58.4 Å². The van der Waals surface area contributed by atoms with E-state index in [-0.39, 0.29) is 48.4 Å². The third-order valence-corrected chi connectivity index (χ3v) is 5.87. The molecule has 0 saturated heterocycles. The molecule has 162 valence electrons. The highest BCUT2D eigenvalue weighted by atomic mass is 19.3. The van der Waals surface area contributed by atoms with Gasteiger partial charge in [0.05, 0.1) is 11.6 Å². The second-order valence-corrected chi connectivity index (χ2v) is 8.21. The Morgan fingerprint density at radius 1 is 1.23 bits per heavy atom. The van der Waals surface area contributed by atoms with Gasteiger partial charge in [-0.1, -0.05) is 0 Å². The third-order valence-electron chi connectivity index (χ3n) is 5.87. The van der Waals surface area contributed by atoms with E-state index in [9.17, 15) is 18.0 Å². The van der Waals surface area contributed by atoms with Gasteiger partial charge in [0.15, 0.2) is 0 Å². The van der Waals surface area contributed by atoms with Crippen molar-refractivity contribution in [2.24, 2.45) is 0 Å². The minimum atomic E-state index is -2.67. The van der Waals surface area contributed by atoms with Crippen LogP contribution in [0.15, 0.2) is 29.2 Å². The molecule has 0 atom stereocenters. The van der Waals surface area contributed by atoms with E-state index in [2.05, 4.69) is 15.1 Å². The second-order valence-electron chi connectivity index (χ2n) is 8.21. The molecule has 1 aliphatic rings.